The topological polar surface area (TPSA) is 25.8 Å². The highest BCUT2D eigenvalue weighted by Crippen LogP contribution is 2.30. The number of hydrogen-bond acceptors (Lipinski definition) is 2. The fourth-order valence-corrected chi connectivity index (χ4v) is 4.59. The van der Waals surface area contributed by atoms with Crippen LogP contribution in [0, 0.1) is 32.0 Å². The lowest BCUT2D eigenvalue weighted by Gasteiger charge is -2.15. The molecule has 0 bridgehead atoms. The van der Waals surface area contributed by atoms with Crippen LogP contribution >= 0.6 is 0 Å². The molecule has 46 heavy (non-hydrogen) atoms. The molecule has 0 amide bonds. The van der Waals surface area contributed by atoms with Crippen LogP contribution in [0.4, 0.5) is 4.39 Å². The lowest BCUT2D eigenvalue weighted by atomic mass is 9.91. The van der Waals surface area contributed by atoms with Crippen molar-refractivity contribution in [2.75, 3.05) is 0 Å². The van der Waals surface area contributed by atoms with E-state index in [0.717, 1.165) is 43.4 Å². The first kappa shape index (κ1) is 40.2. The lowest BCUT2D eigenvalue weighted by Crippen LogP contribution is -2.00. The SMILES string of the molecule is C=C(C)C.C=C(CCc1cc(C)cnc1CC)c1cc(C)c(-c2ccccn2)cc1C.CC(C)(C)C.CCCc1cccc(F)c1. The maximum Gasteiger partial charge on any atom is 0.123 e. The summed E-state index contributed by atoms with van der Waals surface area (Å²) in [6.45, 7) is 31.3. The van der Waals surface area contributed by atoms with Crippen molar-refractivity contribution in [1.82, 2.24) is 9.97 Å². The molecule has 2 heterocycles. The number of halogens is 1. The third-order valence-electron chi connectivity index (χ3n) is 6.55. The molecular weight excluding hydrogens is 563 g/mol. The Labute approximate surface area is 281 Å². The summed E-state index contributed by atoms with van der Waals surface area (Å²) in [6, 6.07) is 19.6. The molecule has 0 spiro atoms. The van der Waals surface area contributed by atoms with Crippen molar-refractivity contribution in [2.24, 2.45) is 5.41 Å². The number of nitrogens with zero attached hydrogens (tertiary/aromatic N) is 2. The molecule has 0 atom stereocenters. The van der Waals surface area contributed by atoms with Crippen molar-refractivity contribution >= 4 is 5.57 Å². The predicted octanol–water partition coefficient (Wildman–Crippen LogP) is 12.7. The fourth-order valence-electron chi connectivity index (χ4n) is 4.59. The van der Waals surface area contributed by atoms with Gasteiger partial charge in [0, 0.05) is 23.7 Å². The van der Waals surface area contributed by atoms with Crippen molar-refractivity contribution in [3.63, 3.8) is 0 Å². The van der Waals surface area contributed by atoms with Crippen molar-refractivity contribution < 1.29 is 4.39 Å². The van der Waals surface area contributed by atoms with Gasteiger partial charge in [0.05, 0.1) is 5.69 Å². The van der Waals surface area contributed by atoms with Crippen LogP contribution < -0.4 is 0 Å². The smallest absolute Gasteiger partial charge is 0.123 e. The summed E-state index contributed by atoms with van der Waals surface area (Å²) in [5, 5.41) is 0. The van der Waals surface area contributed by atoms with Crippen molar-refractivity contribution in [3.8, 4) is 11.3 Å². The number of hydrogen-bond donors (Lipinski definition) is 0. The first-order chi connectivity index (χ1) is 21.5. The Kier molecular flexibility index (Phi) is 17.7. The van der Waals surface area contributed by atoms with Crippen molar-refractivity contribution in [3.05, 3.63) is 137 Å². The van der Waals surface area contributed by atoms with Crippen LogP contribution in [0.2, 0.25) is 0 Å². The number of aromatic nitrogens is 2. The summed E-state index contributed by atoms with van der Waals surface area (Å²) in [5.41, 5.74) is 13.7. The van der Waals surface area contributed by atoms with E-state index in [1.54, 1.807) is 12.1 Å². The van der Waals surface area contributed by atoms with Gasteiger partial charge in [-0.05, 0) is 135 Å². The molecule has 2 aromatic heterocycles. The van der Waals surface area contributed by atoms with E-state index in [1.807, 2.05) is 44.4 Å². The highest BCUT2D eigenvalue weighted by atomic mass is 19.1. The van der Waals surface area contributed by atoms with E-state index < -0.39 is 0 Å². The molecule has 2 aromatic carbocycles. The van der Waals surface area contributed by atoms with E-state index in [9.17, 15) is 4.39 Å². The van der Waals surface area contributed by atoms with Gasteiger partial charge in [0.2, 0.25) is 0 Å². The molecule has 0 radical (unpaired) electrons. The van der Waals surface area contributed by atoms with E-state index in [2.05, 4.69) is 110 Å². The van der Waals surface area contributed by atoms with E-state index >= 15 is 0 Å². The zero-order valence-corrected chi connectivity index (χ0v) is 30.7. The third kappa shape index (κ3) is 16.5. The molecule has 248 valence electrons. The minimum absolute atomic E-state index is 0.133. The maximum absolute atomic E-state index is 12.5. The highest BCUT2D eigenvalue weighted by molar-refractivity contribution is 5.73. The minimum Gasteiger partial charge on any atom is -0.261 e. The quantitative estimate of drug-likeness (QED) is 0.183. The summed E-state index contributed by atoms with van der Waals surface area (Å²) in [6.07, 6.45) is 8.75. The van der Waals surface area contributed by atoms with Gasteiger partial charge in [-0.3, -0.25) is 9.97 Å². The Morgan fingerprint density at radius 3 is 2.00 bits per heavy atom. The molecule has 0 aliphatic carbocycles. The van der Waals surface area contributed by atoms with Crippen LogP contribution in [0.15, 0.2) is 91.8 Å². The van der Waals surface area contributed by atoms with Gasteiger partial charge in [0.1, 0.15) is 5.82 Å². The molecule has 2 nitrogen and oxygen atoms in total. The number of aryl methyl sites for hydroxylation is 6. The van der Waals surface area contributed by atoms with Gasteiger partial charge in [-0.25, -0.2) is 4.39 Å². The average molecular weight is 623 g/mol. The summed E-state index contributed by atoms with van der Waals surface area (Å²) < 4.78 is 12.5. The van der Waals surface area contributed by atoms with Crippen LogP contribution in [0.25, 0.3) is 16.8 Å². The second-order valence-electron chi connectivity index (χ2n) is 13.9. The minimum atomic E-state index is -0.133. The van der Waals surface area contributed by atoms with Gasteiger partial charge in [0.15, 0.2) is 0 Å². The number of pyridine rings is 2. The Balaban J connectivity index is 0.000000454. The van der Waals surface area contributed by atoms with Crippen LogP contribution in [-0.4, -0.2) is 9.97 Å². The Hall–Kier alpha value is -3.85. The maximum atomic E-state index is 12.5. The normalized spacial score (nSPS) is 10.3. The van der Waals surface area contributed by atoms with Crippen LogP contribution in [0.5, 0.6) is 0 Å². The largest absolute Gasteiger partial charge is 0.261 e. The monoisotopic (exact) mass is 622 g/mol. The molecule has 0 unspecified atom stereocenters. The second kappa shape index (κ2) is 20.3. The Bertz CT molecular complexity index is 1500. The van der Waals surface area contributed by atoms with Crippen LogP contribution in [0.3, 0.4) is 0 Å². The molecule has 0 aliphatic rings. The van der Waals surface area contributed by atoms with Gasteiger partial charge < -0.3 is 0 Å². The molecule has 0 fully saturated rings. The van der Waals surface area contributed by atoms with Gasteiger partial charge in [-0.2, -0.15) is 0 Å². The molecule has 3 heteroatoms. The predicted molar refractivity (Wildman–Crippen MR) is 201 cm³/mol. The van der Waals surface area contributed by atoms with Gasteiger partial charge >= 0.3 is 0 Å². The molecule has 0 saturated heterocycles. The Morgan fingerprint density at radius 1 is 0.804 bits per heavy atom. The fraction of sp³-hybridized carbons (Fsp3) is 0.395. The molecular formula is C43H59FN2. The van der Waals surface area contributed by atoms with Crippen LogP contribution in [-0.2, 0) is 19.3 Å². The van der Waals surface area contributed by atoms with Gasteiger partial charge in [-0.1, -0.05) is 90.4 Å². The Morgan fingerprint density at radius 2 is 1.46 bits per heavy atom. The summed E-state index contributed by atoms with van der Waals surface area (Å²) in [4.78, 5) is 9.09. The zero-order chi connectivity index (χ0) is 34.9. The number of allylic oxidation sites excluding steroid dienone is 2. The number of rotatable bonds is 8. The van der Waals surface area contributed by atoms with Crippen molar-refractivity contribution in [1.29, 1.82) is 0 Å². The van der Waals surface area contributed by atoms with Gasteiger partial charge in [-0.15, -0.1) is 6.58 Å². The average Bonchev–Trinajstić information content (AvgIpc) is 2.97. The summed E-state index contributed by atoms with van der Waals surface area (Å²) in [5.74, 6) is -0.133. The highest BCUT2D eigenvalue weighted by Gasteiger charge is 2.11. The second-order valence-corrected chi connectivity index (χ2v) is 13.9. The third-order valence-corrected chi connectivity index (χ3v) is 6.55. The summed E-state index contributed by atoms with van der Waals surface area (Å²) >= 11 is 0. The first-order valence-corrected chi connectivity index (χ1v) is 16.6. The van der Waals surface area contributed by atoms with E-state index in [4.69, 9.17) is 0 Å². The van der Waals surface area contributed by atoms with Crippen molar-refractivity contribution in [2.45, 2.75) is 108 Å². The standard InChI is InChI=1S/C25H28N2.C9H11F.C5H12.C4H8/c1-6-24-21(13-17(2)16-27-24)11-10-18(3)22-14-20(5)23(15-19(22)4)25-9-7-8-12-26-25;1-2-4-8-5-3-6-9(10)7-8;1-5(2,3)4;1-4(2)3/h7-9,12-16H,3,6,10-11H2,1-2,4-5H3;3,5-7H,2,4H2,1H3;1-4H3;1H2,2-3H3. The lowest BCUT2D eigenvalue weighted by molar-refractivity contribution is 0.469. The van der Waals surface area contributed by atoms with Gasteiger partial charge in [0.25, 0.3) is 0 Å². The van der Waals surface area contributed by atoms with Crippen LogP contribution in [0.1, 0.15) is 107 Å². The zero-order valence-electron chi connectivity index (χ0n) is 30.7. The summed E-state index contributed by atoms with van der Waals surface area (Å²) in [7, 11) is 0. The van der Waals surface area contributed by atoms with E-state index in [1.165, 1.54) is 56.3 Å². The van der Waals surface area contributed by atoms with E-state index in [-0.39, 0.29) is 5.82 Å². The molecule has 4 aromatic rings. The van der Waals surface area contributed by atoms with E-state index in [0.29, 0.717) is 5.41 Å². The molecule has 0 aliphatic heterocycles. The number of benzene rings is 2. The molecule has 0 saturated carbocycles. The molecule has 4 rings (SSSR count). The first-order valence-electron chi connectivity index (χ1n) is 16.6. The molecule has 0 N–H and O–H groups in total.